The van der Waals surface area contributed by atoms with Crippen molar-refractivity contribution in [2.45, 2.75) is 26.7 Å². The molecule has 21 heavy (non-hydrogen) atoms. The van der Waals surface area contributed by atoms with Gasteiger partial charge in [0.25, 0.3) is 0 Å². The summed E-state index contributed by atoms with van der Waals surface area (Å²) in [5, 5.41) is 0. The zero-order chi connectivity index (χ0) is 15.7. The van der Waals surface area contributed by atoms with Crippen molar-refractivity contribution < 1.29 is 9.53 Å². The molecular weight excluding hydrogens is 350 g/mol. The van der Waals surface area contributed by atoms with Gasteiger partial charge in [0.05, 0.1) is 12.8 Å². The SMILES string of the molecule is COC(=O)c1sc(-c2cccc(Br)c2C)c(C(C)C)c1N. The number of benzene rings is 1. The number of carbonyl (C=O) groups excluding carboxylic acids is 1. The van der Waals surface area contributed by atoms with Crippen LogP contribution in [0.15, 0.2) is 22.7 Å². The number of thiophene rings is 1. The molecule has 0 fully saturated rings. The van der Waals surface area contributed by atoms with Crippen LogP contribution in [0.3, 0.4) is 0 Å². The summed E-state index contributed by atoms with van der Waals surface area (Å²) in [5.41, 5.74) is 9.99. The van der Waals surface area contributed by atoms with Crippen LogP contribution in [0.25, 0.3) is 10.4 Å². The highest BCUT2D eigenvalue weighted by atomic mass is 79.9. The molecule has 0 amide bonds. The van der Waals surface area contributed by atoms with Crippen LogP contribution in [0, 0.1) is 6.92 Å². The molecule has 5 heteroatoms. The van der Waals surface area contributed by atoms with Crippen molar-refractivity contribution in [3.8, 4) is 10.4 Å². The molecule has 0 unspecified atom stereocenters. The van der Waals surface area contributed by atoms with Gasteiger partial charge in [-0.15, -0.1) is 11.3 Å². The lowest BCUT2D eigenvalue weighted by molar-refractivity contribution is 0.0607. The highest BCUT2D eigenvalue weighted by Crippen LogP contribution is 2.44. The minimum atomic E-state index is -0.377. The van der Waals surface area contributed by atoms with Gasteiger partial charge in [-0.05, 0) is 35.6 Å². The van der Waals surface area contributed by atoms with Crippen LogP contribution in [0.2, 0.25) is 0 Å². The fourth-order valence-corrected chi connectivity index (χ4v) is 4.07. The Morgan fingerprint density at radius 1 is 1.38 bits per heavy atom. The van der Waals surface area contributed by atoms with E-state index in [2.05, 4.69) is 42.8 Å². The van der Waals surface area contributed by atoms with Crippen LogP contribution >= 0.6 is 27.3 Å². The Bertz CT molecular complexity index is 692. The van der Waals surface area contributed by atoms with Gasteiger partial charge in [0, 0.05) is 9.35 Å². The van der Waals surface area contributed by atoms with Crippen LogP contribution < -0.4 is 5.73 Å². The maximum atomic E-state index is 11.9. The number of nitrogen functional groups attached to an aromatic ring is 1. The number of carbonyl (C=O) groups is 1. The Hall–Kier alpha value is -1.33. The van der Waals surface area contributed by atoms with Gasteiger partial charge in [0.2, 0.25) is 0 Å². The predicted molar refractivity (Wildman–Crippen MR) is 92.0 cm³/mol. The van der Waals surface area contributed by atoms with E-state index in [9.17, 15) is 4.79 Å². The Morgan fingerprint density at radius 3 is 2.62 bits per heavy atom. The molecule has 0 aliphatic carbocycles. The molecule has 1 aromatic heterocycles. The predicted octanol–water partition coefficient (Wildman–Crippen LogP) is 4.98. The first kappa shape index (κ1) is 16.0. The molecule has 0 aliphatic heterocycles. The number of halogens is 1. The second kappa shape index (κ2) is 6.20. The maximum Gasteiger partial charge on any atom is 0.350 e. The Morgan fingerprint density at radius 2 is 2.05 bits per heavy atom. The fraction of sp³-hybridized carbons (Fsp3) is 0.312. The molecular formula is C16H18BrNO2S. The first-order valence-electron chi connectivity index (χ1n) is 6.64. The van der Waals surface area contributed by atoms with Gasteiger partial charge in [-0.25, -0.2) is 4.79 Å². The van der Waals surface area contributed by atoms with E-state index >= 15 is 0 Å². The molecule has 0 radical (unpaired) electrons. The lowest BCUT2D eigenvalue weighted by Crippen LogP contribution is -2.03. The minimum Gasteiger partial charge on any atom is -0.465 e. The highest BCUT2D eigenvalue weighted by Gasteiger charge is 2.24. The first-order valence-corrected chi connectivity index (χ1v) is 8.25. The smallest absolute Gasteiger partial charge is 0.350 e. The number of rotatable bonds is 3. The average Bonchev–Trinajstić information content (AvgIpc) is 2.78. The summed E-state index contributed by atoms with van der Waals surface area (Å²) in [7, 11) is 1.38. The zero-order valence-corrected chi connectivity index (χ0v) is 14.9. The summed E-state index contributed by atoms with van der Waals surface area (Å²) in [6.07, 6.45) is 0. The quantitative estimate of drug-likeness (QED) is 0.778. The number of anilines is 1. The van der Waals surface area contributed by atoms with Crippen molar-refractivity contribution >= 4 is 38.9 Å². The molecule has 0 spiro atoms. The largest absolute Gasteiger partial charge is 0.465 e. The maximum absolute atomic E-state index is 11.9. The summed E-state index contributed by atoms with van der Waals surface area (Å²) < 4.78 is 5.88. The molecule has 1 aromatic carbocycles. The van der Waals surface area contributed by atoms with Crippen molar-refractivity contribution in [1.82, 2.24) is 0 Å². The summed E-state index contributed by atoms with van der Waals surface area (Å²) in [5.74, 6) is -0.147. The standard InChI is InChI=1S/C16H18BrNO2S/c1-8(2)12-13(18)15(16(19)20-4)21-14(12)10-6-5-7-11(17)9(10)3/h5-8H,18H2,1-4H3. The van der Waals surface area contributed by atoms with Crippen molar-refractivity contribution in [2.24, 2.45) is 0 Å². The fourth-order valence-electron chi connectivity index (χ4n) is 2.33. The van der Waals surface area contributed by atoms with Crippen molar-refractivity contribution in [2.75, 3.05) is 12.8 Å². The molecule has 0 aliphatic rings. The Labute approximate surface area is 137 Å². The number of methoxy groups -OCH3 is 1. The zero-order valence-electron chi connectivity index (χ0n) is 12.5. The Kier molecular flexibility index (Phi) is 4.74. The van der Waals surface area contributed by atoms with Gasteiger partial charge in [0.15, 0.2) is 0 Å². The van der Waals surface area contributed by atoms with Gasteiger partial charge in [-0.1, -0.05) is 41.9 Å². The van der Waals surface area contributed by atoms with Gasteiger partial charge in [0.1, 0.15) is 4.88 Å². The number of esters is 1. The lowest BCUT2D eigenvalue weighted by Gasteiger charge is -2.11. The van der Waals surface area contributed by atoms with Gasteiger partial charge >= 0.3 is 5.97 Å². The highest BCUT2D eigenvalue weighted by molar-refractivity contribution is 9.10. The van der Waals surface area contributed by atoms with E-state index in [0.717, 1.165) is 26.0 Å². The molecule has 2 aromatic rings. The Balaban J connectivity index is 2.74. The van der Waals surface area contributed by atoms with Gasteiger partial charge in [-0.2, -0.15) is 0 Å². The van der Waals surface area contributed by atoms with E-state index in [-0.39, 0.29) is 11.9 Å². The molecule has 1 heterocycles. The number of hydrogen-bond acceptors (Lipinski definition) is 4. The molecule has 0 atom stereocenters. The van der Waals surface area contributed by atoms with Crippen molar-refractivity contribution in [3.05, 3.63) is 38.7 Å². The van der Waals surface area contributed by atoms with E-state index in [4.69, 9.17) is 10.5 Å². The van der Waals surface area contributed by atoms with Crippen LogP contribution in [0.5, 0.6) is 0 Å². The monoisotopic (exact) mass is 367 g/mol. The van der Waals surface area contributed by atoms with Crippen LogP contribution in [-0.2, 0) is 4.74 Å². The number of hydrogen-bond donors (Lipinski definition) is 1. The third kappa shape index (κ3) is 2.85. The van der Waals surface area contributed by atoms with E-state index < -0.39 is 0 Å². The molecule has 3 nitrogen and oxygen atoms in total. The van der Waals surface area contributed by atoms with E-state index in [1.165, 1.54) is 18.4 Å². The number of nitrogens with two attached hydrogens (primary N) is 1. The van der Waals surface area contributed by atoms with Crippen LogP contribution in [-0.4, -0.2) is 13.1 Å². The second-order valence-corrected chi connectivity index (χ2v) is 7.02. The van der Waals surface area contributed by atoms with Crippen molar-refractivity contribution in [3.63, 3.8) is 0 Å². The first-order chi connectivity index (χ1) is 9.88. The minimum absolute atomic E-state index is 0.230. The van der Waals surface area contributed by atoms with Gasteiger partial charge < -0.3 is 10.5 Å². The lowest BCUT2D eigenvalue weighted by atomic mass is 9.96. The normalized spacial score (nSPS) is 11.0. The van der Waals surface area contributed by atoms with Gasteiger partial charge in [-0.3, -0.25) is 0 Å². The molecule has 0 saturated carbocycles. The summed E-state index contributed by atoms with van der Waals surface area (Å²) in [4.78, 5) is 13.4. The molecule has 112 valence electrons. The van der Waals surface area contributed by atoms with Crippen LogP contribution in [0.1, 0.15) is 40.6 Å². The van der Waals surface area contributed by atoms with Crippen molar-refractivity contribution in [1.29, 1.82) is 0 Å². The number of ether oxygens (including phenoxy) is 1. The molecule has 2 N–H and O–H groups in total. The van der Waals surface area contributed by atoms with E-state index in [0.29, 0.717) is 10.6 Å². The van der Waals surface area contributed by atoms with E-state index in [1.54, 1.807) is 0 Å². The summed E-state index contributed by atoms with van der Waals surface area (Å²) >= 11 is 4.96. The third-order valence-corrected chi connectivity index (χ3v) is 5.54. The average molecular weight is 368 g/mol. The molecule has 0 bridgehead atoms. The van der Waals surface area contributed by atoms with Crippen LogP contribution in [0.4, 0.5) is 5.69 Å². The van der Waals surface area contributed by atoms with E-state index in [1.807, 2.05) is 12.1 Å². The second-order valence-electron chi connectivity index (χ2n) is 5.15. The topological polar surface area (TPSA) is 52.3 Å². The molecule has 2 rings (SSSR count). The summed E-state index contributed by atoms with van der Waals surface area (Å²) in [6.45, 7) is 6.21. The molecule has 0 saturated heterocycles. The third-order valence-electron chi connectivity index (χ3n) is 3.44. The summed E-state index contributed by atoms with van der Waals surface area (Å²) in [6, 6.07) is 6.05.